The Morgan fingerprint density at radius 1 is 1.23 bits per heavy atom. The van der Waals surface area contributed by atoms with E-state index in [2.05, 4.69) is 4.98 Å². The fourth-order valence-corrected chi connectivity index (χ4v) is 3.71. The Hall–Kier alpha value is -3.01. The molecule has 0 N–H and O–H groups in total. The lowest BCUT2D eigenvalue weighted by Crippen LogP contribution is -2.35. The highest BCUT2D eigenvalue weighted by molar-refractivity contribution is 7.22. The van der Waals surface area contributed by atoms with E-state index in [0.717, 1.165) is 10.2 Å². The van der Waals surface area contributed by atoms with Crippen molar-refractivity contribution in [2.75, 3.05) is 39.2 Å². The minimum Gasteiger partial charge on any atom is -0.497 e. The van der Waals surface area contributed by atoms with Crippen molar-refractivity contribution in [3.63, 3.8) is 0 Å². The first kappa shape index (κ1) is 24.3. The monoisotopic (exact) mass is 462 g/mol. The van der Waals surface area contributed by atoms with Crippen LogP contribution in [-0.2, 0) is 4.79 Å². The third kappa shape index (κ3) is 6.24. The molecule has 0 aliphatic carbocycles. The molecule has 3 rings (SSSR count). The number of nitrogens with zero attached hydrogens (tertiary/aromatic N) is 4. The fraction of sp³-hybridized carbons (Fsp3) is 0.238. The van der Waals surface area contributed by atoms with Crippen LogP contribution in [0, 0.1) is 10.1 Å². The molecule has 2 aromatic carbocycles. The number of aromatic nitrogens is 1. The van der Waals surface area contributed by atoms with E-state index in [1.165, 1.54) is 29.5 Å². The van der Waals surface area contributed by atoms with E-state index in [4.69, 9.17) is 4.74 Å². The van der Waals surface area contributed by atoms with Crippen LogP contribution in [0.4, 0.5) is 10.8 Å². The van der Waals surface area contributed by atoms with Gasteiger partial charge >= 0.3 is 0 Å². The molecule has 10 heteroatoms. The maximum atomic E-state index is 13.0. The maximum Gasteiger partial charge on any atom is 0.270 e. The van der Waals surface area contributed by atoms with Gasteiger partial charge in [0.2, 0.25) is 0 Å². The molecule has 1 heterocycles. The predicted molar refractivity (Wildman–Crippen MR) is 126 cm³/mol. The summed E-state index contributed by atoms with van der Waals surface area (Å²) in [6, 6.07) is 11.8. The molecule has 1 aromatic heterocycles. The third-order valence-electron chi connectivity index (χ3n) is 4.35. The number of amides is 1. The molecule has 31 heavy (non-hydrogen) atoms. The van der Waals surface area contributed by atoms with Crippen LogP contribution in [-0.4, -0.2) is 55.0 Å². The fourth-order valence-electron chi connectivity index (χ4n) is 2.74. The van der Waals surface area contributed by atoms with E-state index < -0.39 is 4.92 Å². The Bertz CT molecular complexity index is 1100. The molecule has 0 saturated carbocycles. The van der Waals surface area contributed by atoms with Gasteiger partial charge in [-0.1, -0.05) is 23.5 Å². The van der Waals surface area contributed by atoms with E-state index in [-0.39, 0.29) is 24.0 Å². The molecule has 0 spiro atoms. The van der Waals surface area contributed by atoms with E-state index in [0.29, 0.717) is 29.5 Å². The van der Waals surface area contributed by atoms with Crippen LogP contribution in [0.1, 0.15) is 5.56 Å². The second-order valence-corrected chi connectivity index (χ2v) is 7.82. The number of hydrogen-bond acceptors (Lipinski definition) is 7. The summed E-state index contributed by atoms with van der Waals surface area (Å²) in [5, 5.41) is 11.5. The molecule has 0 bridgehead atoms. The van der Waals surface area contributed by atoms with Crippen LogP contribution >= 0.6 is 23.7 Å². The molecule has 3 aromatic rings. The molecule has 0 aliphatic heterocycles. The number of ether oxygens (including phenoxy) is 1. The summed E-state index contributed by atoms with van der Waals surface area (Å²) < 4.78 is 6.21. The quantitative estimate of drug-likeness (QED) is 0.282. The van der Waals surface area contributed by atoms with Crippen LogP contribution in [0.3, 0.4) is 0 Å². The van der Waals surface area contributed by atoms with Crippen LogP contribution in [0.25, 0.3) is 16.3 Å². The summed E-state index contributed by atoms with van der Waals surface area (Å²) in [7, 11) is 5.47. The van der Waals surface area contributed by atoms with Crippen molar-refractivity contribution >= 4 is 56.8 Å². The molecule has 0 saturated heterocycles. The summed E-state index contributed by atoms with van der Waals surface area (Å²) >= 11 is 1.43. The van der Waals surface area contributed by atoms with Crippen molar-refractivity contribution in [2.45, 2.75) is 0 Å². The number of carbonyl (C=O) groups excluding carboxylic acids is 1. The molecule has 0 radical (unpaired) electrons. The number of methoxy groups -OCH3 is 1. The molecule has 0 fully saturated rings. The Morgan fingerprint density at radius 3 is 2.68 bits per heavy atom. The van der Waals surface area contributed by atoms with Gasteiger partial charge in [0.25, 0.3) is 11.6 Å². The highest BCUT2D eigenvalue weighted by Gasteiger charge is 2.18. The summed E-state index contributed by atoms with van der Waals surface area (Å²) in [4.78, 5) is 31.7. The number of anilines is 1. The second kappa shape index (κ2) is 10.9. The lowest BCUT2D eigenvalue weighted by molar-refractivity contribution is -0.384. The maximum absolute atomic E-state index is 13.0. The minimum absolute atomic E-state index is 0. The number of likely N-dealkylation sites (N-methyl/N-ethyl adjacent to an activating group) is 1. The van der Waals surface area contributed by atoms with E-state index >= 15 is 0 Å². The van der Waals surface area contributed by atoms with Crippen LogP contribution in [0.15, 0.2) is 48.5 Å². The molecule has 164 valence electrons. The number of non-ortho nitro benzene ring substituents is 1. The number of fused-ring (bicyclic) bond motifs is 1. The highest BCUT2D eigenvalue weighted by Crippen LogP contribution is 2.31. The van der Waals surface area contributed by atoms with Crippen molar-refractivity contribution < 1.29 is 14.5 Å². The second-order valence-electron chi connectivity index (χ2n) is 6.81. The van der Waals surface area contributed by atoms with Gasteiger partial charge in [-0.3, -0.25) is 19.8 Å². The van der Waals surface area contributed by atoms with Crippen LogP contribution in [0.5, 0.6) is 5.75 Å². The van der Waals surface area contributed by atoms with Gasteiger partial charge in [-0.2, -0.15) is 0 Å². The first-order chi connectivity index (χ1) is 14.4. The number of carbonyl (C=O) groups is 1. The summed E-state index contributed by atoms with van der Waals surface area (Å²) in [6.07, 6.45) is 3.00. The van der Waals surface area contributed by atoms with Crippen molar-refractivity contribution in [3.8, 4) is 5.75 Å². The van der Waals surface area contributed by atoms with Gasteiger partial charge in [0, 0.05) is 37.4 Å². The Balaban J connectivity index is 0.00000341. The van der Waals surface area contributed by atoms with Crippen LogP contribution in [0.2, 0.25) is 0 Å². The number of benzene rings is 2. The Morgan fingerprint density at radius 2 is 2.00 bits per heavy atom. The zero-order valence-corrected chi connectivity index (χ0v) is 19.0. The first-order valence-corrected chi connectivity index (χ1v) is 10.0. The average Bonchev–Trinajstić information content (AvgIpc) is 3.15. The lowest BCUT2D eigenvalue weighted by Gasteiger charge is -2.20. The highest BCUT2D eigenvalue weighted by atomic mass is 35.5. The Kier molecular flexibility index (Phi) is 8.49. The van der Waals surface area contributed by atoms with Gasteiger partial charge in [0.1, 0.15) is 5.75 Å². The zero-order valence-electron chi connectivity index (χ0n) is 17.3. The number of nitro groups is 1. The van der Waals surface area contributed by atoms with Gasteiger partial charge in [-0.15, -0.1) is 12.4 Å². The normalized spacial score (nSPS) is 11.0. The van der Waals surface area contributed by atoms with Crippen molar-refractivity contribution in [3.05, 3.63) is 64.2 Å². The summed E-state index contributed by atoms with van der Waals surface area (Å²) in [5.41, 5.74) is 1.33. The zero-order chi connectivity index (χ0) is 21.7. The largest absolute Gasteiger partial charge is 0.497 e. The topological polar surface area (TPSA) is 88.8 Å². The smallest absolute Gasteiger partial charge is 0.270 e. The minimum atomic E-state index is -0.460. The molecule has 0 aliphatic rings. The summed E-state index contributed by atoms with van der Waals surface area (Å²) in [6.45, 7) is 1.12. The molecule has 1 amide bonds. The van der Waals surface area contributed by atoms with E-state index in [1.54, 1.807) is 30.2 Å². The Labute approximate surface area is 190 Å². The van der Waals surface area contributed by atoms with Crippen LogP contribution < -0.4 is 9.64 Å². The van der Waals surface area contributed by atoms with Gasteiger partial charge < -0.3 is 9.64 Å². The summed E-state index contributed by atoms with van der Waals surface area (Å²) in [5.74, 6) is 0.463. The van der Waals surface area contributed by atoms with Crippen molar-refractivity contribution in [2.24, 2.45) is 0 Å². The first-order valence-electron chi connectivity index (χ1n) is 9.20. The van der Waals surface area contributed by atoms with Gasteiger partial charge in [0.05, 0.1) is 22.2 Å². The molecule has 0 unspecified atom stereocenters. The number of nitro benzene ring substituents is 1. The predicted octanol–water partition coefficient (Wildman–Crippen LogP) is 4.24. The van der Waals surface area contributed by atoms with Gasteiger partial charge in [-0.05, 0) is 37.9 Å². The molecular weight excluding hydrogens is 440 g/mol. The van der Waals surface area contributed by atoms with Crippen molar-refractivity contribution in [1.82, 2.24) is 9.88 Å². The van der Waals surface area contributed by atoms with E-state index in [9.17, 15) is 14.9 Å². The number of halogens is 1. The van der Waals surface area contributed by atoms with Gasteiger partial charge in [0.15, 0.2) is 5.13 Å². The van der Waals surface area contributed by atoms with Crippen molar-refractivity contribution in [1.29, 1.82) is 0 Å². The third-order valence-corrected chi connectivity index (χ3v) is 5.41. The standard InChI is InChI=1S/C21H22N4O4S.ClH/c1-23(2)11-12-24(21-22-18-14-17(29-3)8-9-19(18)30-21)20(26)10-7-15-5-4-6-16(13-15)25(27)28;/h4-10,13-14H,11-12H2,1-3H3;1H. The van der Waals surface area contributed by atoms with E-state index in [1.807, 2.05) is 37.2 Å². The SMILES string of the molecule is COc1ccc2sc(N(CCN(C)C)C(=O)C=Cc3cccc([N+](=O)[O-])c3)nc2c1.Cl. The number of rotatable bonds is 8. The molecular formula is C21H23ClN4O4S. The lowest BCUT2D eigenvalue weighted by atomic mass is 10.2. The number of hydrogen-bond donors (Lipinski definition) is 0. The van der Waals surface area contributed by atoms with Gasteiger partial charge in [-0.25, -0.2) is 4.98 Å². The average molecular weight is 463 g/mol. The molecule has 8 nitrogen and oxygen atoms in total. The number of thiazole rings is 1. The molecule has 0 atom stereocenters.